The summed E-state index contributed by atoms with van der Waals surface area (Å²) < 4.78 is 2.19. The van der Waals surface area contributed by atoms with Crippen molar-refractivity contribution < 1.29 is 0 Å². The van der Waals surface area contributed by atoms with E-state index in [1.807, 2.05) is 0 Å². The number of hydrogen-bond acceptors (Lipinski definition) is 1. The first-order chi connectivity index (χ1) is 7.61. The van der Waals surface area contributed by atoms with Crippen LogP contribution in [0.25, 0.3) is 0 Å². The SMILES string of the molecule is CC(C)(CBr)Cc1ccn(C2CCCC2)n1. The molecule has 0 saturated heterocycles. The summed E-state index contributed by atoms with van der Waals surface area (Å²) >= 11 is 3.57. The maximum atomic E-state index is 4.72. The summed E-state index contributed by atoms with van der Waals surface area (Å²) in [5, 5.41) is 5.75. The van der Waals surface area contributed by atoms with Gasteiger partial charge in [-0.15, -0.1) is 0 Å². The van der Waals surface area contributed by atoms with Crippen LogP contribution in [-0.2, 0) is 6.42 Å². The lowest BCUT2D eigenvalue weighted by Crippen LogP contribution is -2.17. The van der Waals surface area contributed by atoms with Gasteiger partial charge in [-0.1, -0.05) is 42.6 Å². The highest BCUT2D eigenvalue weighted by molar-refractivity contribution is 9.09. The first-order valence-corrected chi connectivity index (χ1v) is 7.33. The largest absolute Gasteiger partial charge is 0.269 e. The molecule has 0 radical (unpaired) electrons. The van der Waals surface area contributed by atoms with Crippen molar-refractivity contribution in [1.82, 2.24) is 9.78 Å². The molecular formula is C13H21BrN2. The molecule has 0 aliphatic heterocycles. The van der Waals surface area contributed by atoms with Crippen LogP contribution in [-0.4, -0.2) is 15.1 Å². The number of nitrogens with zero attached hydrogens (tertiary/aromatic N) is 2. The zero-order chi connectivity index (χ0) is 11.6. The van der Waals surface area contributed by atoms with Gasteiger partial charge in [0.2, 0.25) is 0 Å². The highest BCUT2D eigenvalue weighted by atomic mass is 79.9. The topological polar surface area (TPSA) is 17.8 Å². The third-order valence-electron chi connectivity index (χ3n) is 3.38. The molecule has 1 saturated carbocycles. The fourth-order valence-electron chi connectivity index (χ4n) is 2.38. The monoisotopic (exact) mass is 284 g/mol. The third-order valence-corrected chi connectivity index (χ3v) is 4.90. The summed E-state index contributed by atoms with van der Waals surface area (Å²) in [6.07, 6.45) is 8.57. The molecule has 2 rings (SSSR count). The van der Waals surface area contributed by atoms with Crippen molar-refractivity contribution in [3.63, 3.8) is 0 Å². The Labute approximate surface area is 107 Å². The Morgan fingerprint density at radius 2 is 2.12 bits per heavy atom. The molecule has 90 valence electrons. The predicted molar refractivity (Wildman–Crippen MR) is 71.0 cm³/mol. The molecule has 0 amide bonds. The summed E-state index contributed by atoms with van der Waals surface area (Å²) in [6.45, 7) is 4.55. The van der Waals surface area contributed by atoms with Crippen LogP contribution < -0.4 is 0 Å². The zero-order valence-corrected chi connectivity index (χ0v) is 11.8. The van der Waals surface area contributed by atoms with Gasteiger partial charge < -0.3 is 0 Å². The van der Waals surface area contributed by atoms with Crippen LogP contribution in [0, 0.1) is 5.41 Å². The van der Waals surface area contributed by atoms with Crippen LogP contribution in [0.5, 0.6) is 0 Å². The van der Waals surface area contributed by atoms with Gasteiger partial charge in [-0.05, 0) is 30.7 Å². The van der Waals surface area contributed by atoms with Gasteiger partial charge in [0, 0.05) is 11.5 Å². The van der Waals surface area contributed by atoms with E-state index in [0.29, 0.717) is 11.5 Å². The molecule has 0 N–H and O–H groups in total. The van der Waals surface area contributed by atoms with Crippen molar-refractivity contribution in [2.75, 3.05) is 5.33 Å². The fraction of sp³-hybridized carbons (Fsp3) is 0.769. The maximum absolute atomic E-state index is 4.72. The van der Waals surface area contributed by atoms with E-state index in [1.54, 1.807) is 0 Å². The molecule has 1 heterocycles. The van der Waals surface area contributed by atoms with Crippen LogP contribution in [0.15, 0.2) is 12.3 Å². The summed E-state index contributed by atoms with van der Waals surface area (Å²) in [6, 6.07) is 2.85. The van der Waals surface area contributed by atoms with Crippen LogP contribution in [0.4, 0.5) is 0 Å². The Morgan fingerprint density at radius 1 is 1.44 bits per heavy atom. The molecule has 0 unspecified atom stereocenters. The Morgan fingerprint density at radius 3 is 2.75 bits per heavy atom. The molecule has 0 bridgehead atoms. The van der Waals surface area contributed by atoms with Crippen molar-refractivity contribution in [1.29, 1.82) is 0 Å². The highest BCUT2D eigenvalue weighted by Gasteiger charge is 2.21. The predicted octanol–water partition coefficient (Wildman–Crippen LogP) is 3.96. The summed E-state index contributed by atoms with van der Waals surface area (Å²) in [7, 11) is 0. The van der Waals surface area contributed by atoms with Gasteiger partial charge in [0.05, 0.1) is 11.7 Å². The molecule has 3 heteroatoms. The van der Waals surface area contributed by atoms with E-state index in [9.17, 15) is 0 Å². The van der Waals surface area contributed by atoms with Crippen LogP contribution in [0.2, 0.25) is 0 Å². The Bertz CT molecular complexity index is 337. The van der Waals surface area contributed by atoms with E-state index < -0.39 is 0 Å². The van der Waals surface area contributed by atoms with Gasteiger partial charge in [-0.2, -0.15) is 5.10 Å². The minimum atomic E-state index is 0.300. The second kappa shape index (κ2) is 4.91. The maximum Gasteiger partial charge on any atom is 0.0630 e. The normalized spacial score (nSPS) is 18.2. The lowest BCUT2D eigenvalue weighted by molar-refractivity contribution is 0.407. The molecule has 16 heavy (non-hydrogen) atoms. The number of rotatable bonds is 4. The number of alkyl halides is 1. The minimum absolute atomic E-state index is 0.300. The summed E-state index contributed by atoms with van der Waals surface area (Å²) in [5.74, 6) is 0. The molecule has 1 aromatic heterocycles. The molecule has 0 aromatic carbocycles. The molecule has 0 spiro atoms. The Kier molecular flexibility index (Phi) is 3.73. The zero-order valence-electron chi connectivity index (χ0n) is 10.2. The summed E-state index contributed by atoms with van der Waals surface area (Å²) in [4.78, 5) is 0. The second-order valence-electron chi connectivity index (χ2n) is 5.70. The number of aromatic nitrogens is 2. The van der Waals surface area contributed by atoms with Crippen LogP contribution in [0.1, 0.15) is 51.3 Å². The lowest BCUT2D eigenvalue weighted by Gasteiger charge is -2.19. The van der Waals surface area contributed by atoms with E-state index in [4.69, 9.17) is 5.10 Å². The first kappa shape index (κ1) is 12.2. The highest BCUT2D eigenvalue weighted by Crippen LogP contribution is 2.29. The minimum Gasteiger partial charge on any atom is -0.269 e. The quantitative estimate of drug-likeness (QED) is 0.766. The van der Waals surface area contributed by atoms with E-state index in [2.05, 4.69) is 46.7 Å². The molecular weight excluding hydrogens is 264 g/mol. The molecule has 1 aromatic rings. The van der Waals surface area contributed by atoms with Crippen molar-refractivity contribution in [3.8, 4) is 0 Å². The first-order valence-electron chi connectivity index (χ1n) is 6.21. The molecule has 0 atom stereocenters. The Balaban J connectivity index is 2.01. The smallest absolute Gasteiger partial charge is 0.0630 e. The third kappa shape index (κ3) is 2.88. The van der Waals surface area contributed by atoms with Crippen molar-refractivity contribution in [2.24, 2.45) is 5.41 Å². The average Bonchev–Trinajstić information content (AvgIpc) is 2.86. The van der Waals surface area contributed by atoms with E-state index in [0.717, 1.165) is 11.8 Å². The molecule has 1 aliphatic carbocycles. The van der Waals surface area contributed by atoms with E-state index in [1.165, 1.54) is 31.4 Å². The summed E-state index contributed by atoms with van der Waals surface area (Å²) in [5.41, 5.74) is 1.53. The van der Waals surface area contributed by atoms with E-state index >= 15 is 0 Å². The van der Waals surface area contributed by atoms with Gasteiger partial charge in [0.1, 0.15) is 0 Å². The molecule has 1 fully saturated rings. The van der Waals surface area contributed by atoms with Gasteiger partial charge in [-0.25, -0.2) is 0 Å². The van der Waals surface area contributed by atoms with E-state index in [-0.39, 0.29) is 0 Å². The van der Waals surface area contributed by atoms with Gasteiger partial charge in [0.15, 0.2) is 0 Å². The lowest BCUT2D eigenvalue weighted by atomic mass is 9.91. The fourth-order valence-corrected chi connectivity index (χ4v) is 2.58. The number of halogens is 1. The molecule has 1 aliphatic rings. The van der Waals surface area contributed by atoms with Crippen molar-refractivity contribution >= 4 is 15.9 Å². The van der Waals surface area contributed by atoms with Gasteiger partial charge in [0.25, 0.3) is 0 Å². The Hall–Kier alpha value is -0.310. The van der Waals surface area contributed by atoms with Gasteiger partial charge >= 0.3 is 0 Å². The van der Waals surface area contributed by atoms with Crippen LogP contribution in [0.3, 0.4) is 0 Å². The standard InChI is InChI=1S/C13H21BrN2/c1-13(2,10-14)9-11-7-8-16(15-11)12-5-3-4-6-12/h7-8,12H,3-6,9-10H2,1-2H3. The second-order valence-corrected chi connectivity index (χ2v) is 6.26. The molecule has 2 nitrogen and oxygen atoms in total. The van der Waals surface area contributed by atoms with Crippen LogP contribution >= 0.6 is 15.9 Å². The average molecular weight is 285 g/mol. The van der Waals surface area contributed by atoms with Crippen molar-refractivity contribution in [2.45, 2.75) is 52.0 Å². The van der Waals surface area contributed by atoms with Gasteiger partial charge in [-0.3, -0.25) is 4.68 Å². The van der Waals surface area contributed by atoms with Crippen molar-refractivity contribution in [3.05, 3.63) is 18.0 Å². The number of hydrogen-bond donors (Lipinski definition) is 0.